The lowest BCUT2D eigenvalue weighted by atomic mass is 9.82. The van der Waals surface area contributed by atoms with Crippen LogP contribution < -0.4 is 0 Å². The van der Waals surface area contributed by atoms with E-state index >= 15 is 0 Å². The average Bonchev–Trinajstić information content (AvgIpc) is 2.99. The minimum atomic E-state index is -3.34. The molecule has 0 amide bonds. The van der Waals surface area contributed by atoms with E-state index in [1.807, 2.05) is 18.2 Å². The molecule has 2 aromatic rings. The number of benzene rings is 2. The fourth-order valence-electron chi connectivity index (χ4n) is 3.98. The van der Waals surface area contributed by atoms with Crippen molar-refractivity contribution in [3.8, 4) is 0 Å². The molecule has 152 valence electrons. The molecular weight excluding hydrogens is 451 g/mol. The SMILES string of the molecule is O=C1CCCC(Sc2ccccc2Cl)C1C(=O)c1ccc2c(c1Cl)CCS2(=O)=O. The molecule has 2 aromatic carbocycles. The summed E-state index contributed by atoms with van der Waals surface area (Å²) in [5, 5.41) is 0.507. The highest BCUT2D eigenvalue weighted by Gasteiger charge is 2.40. The highest BCUT2D eigenvalue weighted by atomic mass is 35.5. The highest BCUT2D eigenvalue weighted by molar-refractivity contribution is 8.00. The maximum absolute atomic E-state index is 13.4. The van der Waals surface area contributed by atoms with Crippen molar-refractivity contribution in [1.29, 1.82) is 0 Å². The third-order valence-corrected chi connectivity index (χ3v) is 9.54. The largest absolute Gasteiger partial charge is 0.299 e. The summed E-state index contributed by atoms with van der Waals surface area (Å²) in [7, 11) is -3.34. The molecule has 0 spiro atoms. The van der Waals surface area contributed by atoms with E-state index in [9.17, 15) is 18.0 Å². The molecule has 0 saturated heterocycles. The number of ketones is 2. The fraction of sp³-hybridized carbons (Fsp3) is 0.333. The minimum Gasteiger partial charge on any atom is -0.299 e. The van der Waals surface area contributed by atoms with Gasteiger partial charge in [0, 0.05) is 22.1 Å². The molecular formula is C21H18Cl2O4S2. The van der Waals surface area contributed by atoms with Crippen molar-refractivity contribution in [2.75, 3.05) is 5.75 Å². The van der Waals surface area contributed by atoms with Gasteiger partial charge in [-0.1, -0.05) is 35.3 Å². The summed E-state index contributed by atoms with van der Waals surface area (Å²) < 4.78 is 24.2. The Hall–Kier alpha value is -1.34. The summed E-state index contributed by atoms with van der Waals surface area (Å²) in [5.41, 5.74) is 0.712. The third-order valence-electron chi connectivity index (χ3n) is 5.45. The van der Waals surface area contributed by atoms with Crippen molar-refractivity contribution in [3.63, 3.8) is 0 Å². The molecule has 1 aliphatic heterocycles. The molecule has 2 atom stereocenters. The highest BCUT2D eigenvalue weighted by Crippen LogP contribution is 2.42. The van der Waals surface area contributed by atoms with Gasteiger partial charge in [-0.3, -0.25) is 9.59 Å². The van der Waals surface area contributed by atoms with E-state index in [0.29, 0.717) is 17.0 Å². The summed E-state index contributed by atoms with van der Waals surface area (Å²) in [6.07, 6.45) is 2.08. The molecule has 0 N–H and O–H groups in total. The molecule has 29 heavy (non-hydrogen) atoms. The Morgan fingerprint density at radius 3 is 2.59 bits per heavy atom. The monoisotopic (exact) mass is 468 g/mol. The van der Waals surface area contributed by atoms with Gasteiger partial charge >= 0.3 is 0 Å². The molecule has 0 bridgehead atoms. The summed E-state index contributed by atoms with van der Waals surface area (Å²) in [4.78, 5) is 27.1. The Morgan fingerprint density at radius 1 is 1.07 bits per heavy atom. The molecule has 0 radical (unpaired) electrons. The zero-order valence-corrected chi connectivity index (χ0v) is 18.5. The topological polar surface area (TPSA) is 68.3 Å². The number of carbonyl (C=O) groups is 2. The zero-order chi connectivity index (χ0) is 20.8. The van der Waals surface area contributed by atoms with Crippen molar-refractivity contribution in [2.45, 2.75) is 40.7 Å². The van der Waals surface area contributed by atoms with Crippen molar-refractivity contribution < 1.29 is 18.0 Å². The number of hydrogen-bond donors (Lipinski definition) is 0. The van der Waals surface area contributed by atoms with Gasteiger partial charge in [0.05, 0.1) is 26.6 Å². The lowest BCUT2D eigenvalue weighted by Gasteiger charge is -2.29. The second-order valence-corrected chi connectivity index (χ2v) is 11.4. The Morgan fingerprint density at radius 2 is 1.83 bits per heavy atom. The Bertz CT molecular complexity index is 1110. The van der Waals surface area contributed by atoms with Gasteiger partial charge in [0.15, 0.2) is 15.6 Å². The predicted molar refractivity (Wildman–Crippen MR) is 115 cm³/mol. The van der Waals surface area contributed by atoms with Crippen LogP contribution in [0.3, 0.4) is 0 Å². The number of rotatable bonds is 4. The molecule has 4 rings (SSSR count). The second-order valence-electron chi connectivity index (χ2n) is 7.26. The number of halogens is 2. The van der Waals surface area contributed by atoms with E-state index in [0.717, 1.165) is 17.7 Å². The van der Waals surface area contributed by atoms with Crippen LogP contribution in [-0.2, 0) is 21.1 Å². The Kier molecular flexibility index (Phi) is 5.81. The molecule has 2 unspecified atom stereocenters. The van der Waals surface area contributed by atoms with E-state index < -0.39 is 15.8 Å². The van der Waals surface area contributed by atoms with Gasteiger partial charge in [0.25, 0.3) is 0 Å². The van der Waals surface area contributed by atoms with Gasteiger partial charge in [0.2, 0.25) is 0 Å². The Labute approximate surface area is 183 Å². The first-order valence-corrected chi connectivity index (χ1v) is 12.6. The third kappa shape index (κ3) is 3.88. The van der Waals surface area contributed by atoms with Crippen LogP contribution in [0.4, 0.5) is 0 Å². The van der Waals surface area contributed by atoms with E-state index in [1.165, 1.54) is 23.9 Å². The van der Waals surface area contributed by atoms with E-state index in [4.69, 9.17) is 23.2 Å². The molecule has 2 aliphatic rings. The lowest BCUT2D eigenvalue weighted by molar-refractivity contribution is -0.122. The molecule has 1 aliphatic carbocycles. The molecule has 8 heteroatoms. The van der Waals surface area contributed by atoms with E-state index in [-0.39, 0.29) is 44.5 Å². The number of sulfone groups is 1. The zero-order valence-electron chi connectivity index (χ0n) is 15.4. The first-order chi connectivity index (χ1) is 13.8. The number of carbonyl (C=O) groups excluding carboxylic acids is 2. The quantitative estimate of drug-likeness (QED) is 0.464. The predicted octanol–water partition coefficient (Wildman–Crippen LogP) is 5.04. The van der Waals surface area contributed by atoms with Crippen LogP contribution in [0, 0.1) is 5.92 Å². The van der Waals surface area contributed by atoms with Crippen LogP contribution in [0.5, 0.6) is 0 Å². The molecule has 0 aromatic heterocycles. The summed E-state index contributed by atoms with van der Waals surface area (Å²) >= 11 is 14.2. The number of hydrogen-bond acceptors (Lipinski definition) is 5. The van der Waals surface area contributed by atoms with Gasteiger partial charge in [-0.15, -0.1) is 11.8 Å². The molecule has 1 heterocycles. The van der Waals surface area contributed by atoms with E-state index in [1.54, 1.807) is 6.07 Å². The van der Waals surface area contributed by atoms with Crippen LogP contribution in [0.2, 0.25) is 10.0 Å². The van der Waals surface area contributed by atoms with Crippen LogP contribution in [0.1, 0.15) is 35.2 Å². The molecule has 4 nitrogen and oxygen atoms in total. The lowest BCUT2D eigenvalue weighted by Crippen LogP contribution is -2.37. The van der Waals surface area contributed by atoms with Crippen LogP contribution in [0.15, 0.2) is 46.2 Å². The minimum absolute atomic E-state index is 0.00691. The van der Waals surface area contributed by atoms with Crippen LogP contribution in [-0.4, -0.2) is 31.0 Å². The maximum Gasteiger partial charge on any atom is 0.179 e. The van der Waals surface area contributed by atoms with Crippen LogP contribution in [0.25, 0.3) is 0 Å². The summed E-state index contributed by atoms with van der Waals surface area (Å²) in [5.74, 6) is -1.27. The van der Waals surface area contributed by atoms with Crippen molar-refractivity contribution in [3.05, 3.63) is 57.6 Å². The van der Waals surface area contributed by atoms with Gasteiger partial charge in [0.1, 0.15) is 5.78 Å². The van der Waals surface area contributed by atoms with E-state index in [2.05, 4.69) is 0 Å². The summed E-state index contributed by atoms with van der Waals surface area (Å²) in [6, 6.07) is 10.3. The van der Waals surface area contributed by atoms with Crippen molar-refractivity contribution >= 4 is 56.4 Å². The number of Topliss-reactive ketones (excluding diaryl/α,β-unsaturated/α-hetero) is 2. The first-order valence-electron chi connectivity index (χ1n) is 9.32. The molecule has 1 fully saturated rings. The first kappa shape index (κ1) is 20.9. The fourth-order valence-corrected chi connectivity index (χ4v) is 7.57. The van der Waals surface area contributed by atoms with Crippen molar-refractivity contribution in [1.82, 2.24) is 0 Å². The van der Waals surface area contributed by atoms with Gasteiger partial charge in [-0.05, 0) is 49.1 Å². The smallest absolute Gasteiger partial charge is 0.179 e. The summed E-state index contributed by atoms with van der Waals surface area (Å²) in [6.45, 7) is 0. The van der Waals surface area contributed by atoms with Crippen LogP contribution >= 0.6 is 35.0 Å². The van der Waals surface area contributed by atoms with Crippen molar-refractivity contribution in [2.24, 2.45) is 5.92 Å². The molecule has 1 saturated carbocycles. The van der Waals surface area contributed by atoms with Gasteiger partial charge < -0.3 is 0 Å². The normalized spacial score (nSPS) is 23.0. The van der Waals surface area contributed by atoms with Gasteiger partial charge in [-0.25, -0.2) is 8.42 Å². The maximum atomic E-state index is 13.4. The average molecular weight is 469 g/mol. The van der Waals surface area contributed by atoms with Gasteiger partial charge in [-0.2, -0.15) is 0 Å². The number of thioether (sulfide) groups is 1. The standard InChI is InChI=1S/C21H18Cl2O4S2/c22-14-4-1-2-6-16(14)28-17-7-3-5-15(24)19(17)21(25)13-8-9-18-12(20(13)23)10-11-29(18,26)27/h1-2,4,6,8-9,17,19H,3,5,7,10-11H2. The Balaban J connectivity index is 1.69. The number of fused-ring (bicyclic) bond motifs is 1. The second kappa shape index (κ2) is 8.06.